The first-order valence-electron chi connectivity index (χ1n) is 7.61. The number of carbonyl (C=O) groups is 2. The number of hydrogen-bond donors (Lipinski definition) is 3. The number of benzene rings is 1. The Balaban J connectivity index is 1.46. The molecule has 0 atom stereocenters. The molecule has 1 aromatic carbocycles. The van der Waals surface area contributed by atoms with Crippen molar-refractivity contribution < 1.29 is 9.59 Å². The maximum Gasteiger partial charge on any atom is 0.315 e. The van der Waals surface area contributed by atoms with Crippen molar-refractivity contribution in [2.75, 3.05) is 11.4 Å². The van der Waals surface area contributed by atoms with Gasteiger partial charge in [0.25, 0.3) is 0 Å². The lowest BCUT2D eigenvalue weighted by molar-refractivity contribution is -0.117. The van der Waals surface area contributed by atoms with Crippen LogP contribution < -0.4 is 15.5 Å². The summed E-state index contributed by atoms with van der Waals surface area (Å²) in [4.78, 5) is 25.2. The van der Waals surface area contributed by atoms with Crippen LogP contribution in [0.2, 0.25) is 0 Å². The molecule has 0 unspecified atom stereocenters. The van der Waals surface area contributed by atoms with E-state index >= 15 is 0 Å². The number of rotatable bonds is 5. The Morgan fingerprint density at radius 1 is 1.17 bits per heavy atom. The molecular formula is C16H19N5O2. The third-order valence-electron chi connectivity index (χ3n) is 3.77. The number of amides is 3. The molecule has 0 radical (unpaired) electrons. The molecule has 2 heterocycles. The van der Waals surface area contributed by atoms with Crippen LogP contribution in [0.25, 0.3) is 0 Å². The Morgan fingerprint density at radius 3 is 2.61 bits per heavy atom. The van der Waals surface area contributed by atoms with E-state index in [2.05, 4.69) is 20.8 Å². The molecule has 0 spiro atoms. The molecule has 0 aliphatic carbocycles. The van der Waals surface area contributed by atoms with Gasteiger partial charge in [0.05, 0.1) is 12.2 Å². The van der Waals surface area contributed by atoms with Gasteiger partial charge in [-0.25, -0.2) is 4.79 Å². The Hall–Kier alpha value is -2.83. The van der Waals surface area contributed by atoms with Crippen LogP contribution in [0.3, 0.4) is 0 Å². The van der Waals surface area contributed by atoms with Crippen LogP contribution in [0.4, 0.5) is 10.5 Å². The van der Waals surface area contributed by atoms with Gasteiger partial charge in [-0.3, -0.25) is 9.89 Å². The predicted molar refractivity (Wildman–Crippen MR) is 85.7 cm³/mol. The van der Waals surface area contributed by atoms with Crippen LogP contribution in [0.5, 0.6) is 0 Å². The zero-order valence-electron chi connectivity index (χ0n) is 12.7. The van der Waals surface area contributed by atoms with Crippen LogP contribution >= 0.6 is 0 Å². The van der Waals surface area contributed by atoms with Gasteiger partial charge in [-0.15, -0.1) is 0 Å². The van der Waals surface area contributed by atoms with Crippen molar-refractivity contribution in [2.24, 2.45) is 0 Å². The third-order valence-corrected chi connectivity index (χ3v) is 3.77. The second kappa shape index (κ2) is 6.95. The van der Waals surface area contributed by atoms with Crippen LogP contribution in [-0.2, 0) is 17.9 Å². The third kappa shape index (κ3) is 3.88. The smallest absolute Gasteiger partial charge is 0.315 e. The Labute approximate surface area is 134 Å². The molecular weight excluding hydrogens is 294 g/mol. The summed E-state index contributed by atoms with van der Waals surface area (Å²) in [5, 5.41) is 12.1. The number of aromatic amines is 1. The monoisotopic (exact) mass is 313 g/mol. The normalized spacial score (nSPS) is 14.1. The molecule has 7 heteroatoms. The Kier molecular flexibility index (Phi) is 4.56. The lowest BCUT2D eigenvalue weighted by Gasteiger charge is -2.16. The molecule has 7 nitrogen and oxygen atoms in total. The highest BCUT2D eigenvalue weighted by atomic mass is 16.2. The van der Waals surface area contributed by atoms with Gasteiger partial charge >= 0.3 is 6.03 Å². The molecule has 3 rings (SSSR count). The van der Waals surface area contributed by atoms with Gasteiger partial charge in [-0.05, 0) is 30.2 Å². The van der Waals surface area contributed by atoms with Crippen molar-refractivity contribution in [3.8, 4) is 0 Å². The van der Waals surface area contributed by atoms with E-state index in [1.807, 2.05) is 24.3 Å². The van der Waals surface area contributed by atoms with Crippen molar-refractivity contribution in [3.63, 3.8) is 0 Å². The zero-order valence-corrected chi connectivity index (χ0v) is 12.7. The van der Waals surface area contributed by atoms with Gasteiger partial charge in [0.15, 0.2) is 0 Å². The first kappa shape index (κ1) is 15.1. The molecule has 2 aromatic rings. The number of nitrogens with zero attached hydrogens (tertiary/aromatic N) is 2. The SMILES string of the molecule is O=C(NCc1ccc(N2CCCC2=O)cc1)NCc1ccn[nH]1. The van der Waals surface area contributed by atoms with Gasteiger partial charge in [0.1, 0.15) is 0 Å². The summed E-state index contributed by atoms with van der Waals surface area (Å²) in [6.45, 7) is 1.62. The molecule has 1 aromatic heterocycles. The fourth-order valence-corrected chi connectivity index (χ4v) is 2.52. The second-order valence-corrected chi connectivity index (χ2v) is 5.43. The molecule has 3 amide bonds. The standard InChI is InChI=1S/C16H19N5O2/c22-15-2-1-9-21(15)14-5-3-12(4-6-14)10-17-16(23)18-11-13-7-8-19-20-13/h3-8H,1-2,9-11H2,(H,19,20)(H2,17,18,23). The number of urea groups is 1. The fourth-order valence-electron chi connectivity index (χ4n) is 2.52. The zero-order chi connectivity index (χ0) is 16.1. The van der Waals surface area contributed by atoms with E-state index in [0.717, 1.165) is 29.9 Å². The van der Waals surface area contributed by atoms with E-state index in [0.29, 0.717) is 19.5 Å². The summed E-state index contributed by atoms with van der Waals surface area (Å²) in [6.07, 6.45) is 3.18. The molecule has 1 saturated heterocycles. The number of aromatic nitrogens is 2. The van der Waals surface area contributed by atoms with Gasteiger partial charge in [-0.1, -0.05) is 12.1 Å². The van der Waals surface area contributed by atoms with Crippen LogP contribution in [0.1, 0.15) is 24.1 Å². The molecule has 1 aliphatic heterocycles. The lowest BCUT2D eigenvalue weighted by Crippen LogP contribution is -2.34. The van der Waals surface area contributed by atoms with Gasteiger partial charge < -0.3 is 15.5 Å². The first-order valence-corrected chi connectivity index (χ1v) is 7.61. The van der Waals surface area contributed by atoms with Crippen molar-refractivity contribution in [1.82, 2.24) is 20.8 Å². The van der Waals surface area contributed by atoms with Crippen LogP contribution in [0.15, 0.2) is 36.5 Å². The highest BCUT2D eigenvalue weighted by Crippen LogP contribution is 2.21. The summed E-state index contributed by atoms with van der Waals surface area (Å²) in [6, 6.07) is 9.26. The molecule has 0 saturated carbocycles. The van der Waals surface area contributed by atoms with Crippen LogP contribution in [-0.4, -0.2) is 28.7 Å². The minimum absolute atomic E-state index is 0.175. The van der Waals surface area contributed by atoms with E-state index in [1.165, 1.54) is 0 Å². The highest BCUT2D eigenvalue weighted by Gasteiger charge is 2.21. The van der Waals surface area contributed by atoms with Gasteiger partial charge in [-0.2, -0.15) is 5.10 Å². The van der Waals surface area contributed by atoms with Crippen molar-refractivity contribution >= 4 is 17.6 Å². The summed E-state index contributed by atoms with van der Waals surface area (Å²) < 4.78 is 0. The fraction of sp³-hybridized carbons (Fsp3) is 0.312. The summed E-state index contributed by atoms with van der Waals surface area (Å²) in [5.74, 6) is 0.175. The topological polar surface area (TPSA) is 90.1 Å². The first-order chi connectivity index (χ1) is 11.2. The van der Waals surface area contributed by atoms with Crippen molar-refractivity contribution in [2.45, 2.75) is 25.9 Å². The maximum absolute atomic E-state index is 11.7. The quantitative estimate of drug-likeness (QED) is 0.782. The largest absolute Gasteiger partial charge is 0.334 e. The minimum Gasteiger partial charge on any atom is -0.334 e. The summed E-state index contributed by atoms with van der Waals surface area (Å²) >= 11 is 0. The maximum atomic E-state index is 11.7. The number of hydrogen-bond acceptors (Lipinski definition) is 3. The molecule has 1 aliphatic rings. The molecule has 120 valence electrons. The average Bonchev–Trinajstić information content (AvgIpc) is 3.23. The molecule has 0 bridgehead atoms. The van der Waals surface area contributed by atoms with E-state index in [-0.39, 0.29) is 11.9 Å². The average molecular weight is 313 g/mol. The summed E-state index contributed by atoms with van der Waals surface area (Å²) in [7, 11) is 0. The Bertz CT molecular complexity index is 666. The van der Waals surface area contributed by atoms with Crippen molar-refractivity contribution in [3.05, 3.63) is 47.8 Å². The number of H-pyrrole nitrogens is 1. The number of nitrogens with one attached hydrogen (secondary N) is 3. The molecule has 3 N–H and O–H groups in total. The lowest BCUT2D eigenvalue weighted by atomic mass is 10.2. The van der Waals surface area contributed by atoms with Gasteiger partial charge in [0.2, 0.25) is 5.91 Å². The van der Waals surface area contributed by atoms with Gasteiger partial charge in [0, 0.05) is 31.4 Å². The Morgan fingerprint density at radius 2 is 1.96 bits per heavy atom. The second-order valence-electron chi connectivity index (χ2n) is 5.43. The van der Waals surface area contributed by atoms with Crippen molar-refractivity contribution in [1.29, 1.82) is 0 Å². The minimum atomic E-state index is -0.238. The highest BCUT2D eigenvalue weighted by molar-refractivity contribution is 5.95. The summed E-state index contributed by atoms with van der Waals surface area (Å²) in [5.41, 5.74) is 2.75. The predicted octanol–water partition coefficient (Wildman–Crippen LogP) is 1.54. The van der Waals surface area contributed by atoms with E-state index < -0.39 is 0 Å². The molecule has 23 heavy (non-hydrogen) atoms. The van der Waals surface area contributed by atoms with E-state index in [4.69, 9.17) is 0 Å². The molecule has 1 fully saturated rings. The van der Waals surface area contributed by atoms with Crippen LogP contribution in [0, 0.1) is 0 Å². The number of carbonyl (C=O) groups excluding carboxylic acids is 2. The number of anilines is 1. The van der Waals surface area contributed by atoms with E-state index in [1.54, 1.807) is 17.2 Å². The van der Waals surface area contributed by atoms with E-state index in [9.17, 15) is 9.59 Å².